The number of anilines is 1. The Kier molecular flexibility index (Phi) is 5.77. The molecule has 2 heterocycles. The Morgan fingerprint density at radius 1 is 1.33 bits per heavy atom. The maximum atomic E-state index is 12.2. The highest BCUT2D eigenvalue weighted by atomic mass is 35.5. The van der Waals surface area contributed by atoms with Crippen molar-refractivity contribution < 1.29 is 9.53 Å². The molecule has 1 aliphatic rings. The molecule has 24 heavy (non-hydrogen) atoms. The van der Waals surface area contributed by atoms with Gasteiger partial charge in [0.05, 0.1) is 6.54 Å². The summed E-state index contributed by atoms with van der Waals surface area (Å²) in [6.45, 7) is 3.87. The van der Waals surface area contributed by atoms with Crippen LogP contribution >= 0.6 is 22.9 Å². The van der Waals surface area contributed by atoms with Crippen molar-refractivity contribution in [3.63, 3.8) is 0 Å². The minimum absolute atomic E-state index is 0.0523. The molecule has 6 nitrogen and oxygen atoms in total. The van der Waals surface area contributed by atoms with Crippen LogP contribution < -0.4 is 15.0 Å². The third-order valence-electron chi connectivity index (χ3n) is 3.70. The van der Waals surface area contributed by atoms with Crippen molar-refractivity contribution in [1.29, 1.82) is 0 Å². The number of aromatic nitrogens is 1. The van der Waals surface area contributed by atoms with Crippen molar-refractivity contribution >= 4 is 34.1 Å². The lowest BCUT2D eigenvalue weighted by Crippen LogP contribution is -2.52. The van der Waals surface area contributed by atoms with Crippen LogP contribution in [-0.2, 0) is 0 Å². The quantitative estimate of drug-likeness (QED) is 0.826. The molecule has 2 aromatic rings. The molecule has 1 N–H and O–H groups in total. The first-order valence-corrected chi connectivity index (χ1v) is 9.04. The highest BCUT2D eigenvalue weighted by Crippen LogP contribution is 2.19. The Bertz CT molecular complexity index is 660. The fourth-order valence-corrected chi connectivity index (χ4v) is 3.35. The number of ether oxygens (including phenoxy) is 1. The number of nitrogens with one attached hydrogen (secondary N) is 1. The number of thiazole rings is 1. The highest BCUT2D eigenvalue weighted by molar-refractivity contribution is 7.13. The van der Waals surface area contributed by atoms with Crippen LogP contribution in [0.3, 0.4) is 0 Å². The minimum Gasteiger partial charge on any atom is -0.492 e. The summed E-state index contributed by atoms with van der Waals surface area (Å²) in [4.78, 5) is 20.5. The van der Waals surface area contributed by atoms with Gasteiger partial charge in [0.15, 0.2) is 5.13 Å². The number of rotatable bonds is 5. The largest absolute Gasteiger partial charge is 0.492 e. The molecule has 128 valence electrons. The second-order valence-corrected chi connectivity index (χ2v) is 6.64. The molecule has 0 atom stereocenters. The van der Waals surface area contributed by atoms with E-state index < -0.39 is 0 Å². The minimum atomic E-state index is -0.0523. The summed E-state index contributed by atoms with van der Waals surface area (Å²) < 4.78 is 5.56. The van der Waals surface area contributed by atoms with Gasteiger partial charge in [0.25, 0.3) is 0 Å². The predicted molar refractivity (Wildman–Crippen MR) is 96.2 cm³/mol. The van der Waals surface area contributed by atoms with Crippen LogP contribution in [0.25, 0.3) is 0 Å². The molecule has 0 spiro atoms. The van der Waals surface area contributed by atoms with Crippen LogP contribution in [0.15, 0.2) is 35.8 Å². The first kappa shape index (κ1) is 16.9. The molecule has 0 radical (unpaired) electrons. The number of hydrogen-bond acceptors (Lipinski definition) is 5. The van der Waals surface area contributed by atoms with Crippen molar-refractivity contribution in [3.8, 4) is 5.75 Å². The molecule has 1 aromatic carbocycles. The average molecular weight is 367 g/mol. The van der Waals surface area contributed by atoms with Gasteiger partial charge in [-0.05, 0) is 18.2 Å². The van der Waals surface area contributed by atoms with Crippen LogP contribution in [0.1, 0.15) is 0 Å². The van der Waals surface area contributed by atoms with E-state index in [1.807, 2.05) is 22.4 Å². The molecule has 0 unspecified atom stereocenters. The van der Waals surface area contributed by atoms with E-state index in [2.05, 4.69) is 15.2 Å². The van der Waals surface area contributed by atoms with E-state index in [0.717, 1.165) is 18.2 Å². The Labute approximate surface area is 150 Å². The third kappa shape index (κ3) is 4.52. The summed E-state index contributed by atoms with van der Waals surface area (Å²) in [5.41, 5.74) is 0. The summed E-state index contributed by atoms with van der Waals surface area (Å²) in [6, 6.07) is 7.16. The standard InChI is InChI=1S/C16H19ClN4O2S/c17-13-2-1-3-14(12-13)23-10-4-18-15(22)20-6-8-21(9-7-20)16-19-5-11-24-16/h1-3,5,11-12H,4,6-10H2,(H,18,22). The number of hydrogen-bond donors (Lipinski definition) is 1. The second-order valence-electron chi connectivity index (χ2n) is 5.33. The summed E-state index contributed by atoms with van der Waals surface area (Å²) in [6.07, 6.45) is 1.80. The van der Waals surface area contributed by atoms with E-state index in [1.54, 1.807) is 29.7 Å². The van der Waals surface area contributed by atoms with Gasteiger partial charge in [-0.25, -0.2) is 9.78 Å². The number of carbonyl (C=O) groups excluding carboxylic acids is 1. The predicted octanol–water partition coefficient (Wildman–Crippen LogP) is 2.71. The van der Waals surface area contributed by atoms with Gasteiger partial charge in [-0.3, -0.25) is 0 Å². The number of urea groups is 1. The number of benzene rings is 1. The van der Waals surface area contributed by atoms with E-state index in [0.29, 0.717) is 37.0 Å². The first-order valence-electron chi connectivity index (χ1n) is 7.78. The molecule has 1 saturated heterocycles. The van der Waals surface area contributed by atoms with Crippen LogP contribution in [0.5, 0.6) is 5.75 Å². The van der Waals surface area contributed by atoms with Gasteiger partial charge in [0, 0.05) is 42.8 Å². The zero-order valence-corrected chi connectivity index (χ0v) is 14.7. The number of halogens is 1. The molecule has 1 fully saturated rings. The number of amides is 2. The SMILES string of the molecule is O=C(NCCOc1cccc(Cl)c1)N1CCN(c2nccs2)CC1. The normalized spacial score (nSPS) is 14.5. The summed E-state index contributed by atoms with van der Waals surface area (Å²) in [5.74, 6) is 0.703. The summed E-state index contributed by atoms with van der Waals surface area (Å²) in [7, 11) is 0. The maximum absolute atomic E-state index is 12.2. The smallest absolute Gasteiger partial charge is 0.317 e. The fourth-order valence-electron chi connectivity index (χ4n) is 2.47. The molecular weight excluding hydrogens is 348 g/mol. The van der Waals surface area contributed by atoms with Crippen molar-refractivity contribution in [1.82, 2.24) is 15.2 Å². The zero-order chi connectivity index (χ0) is 16.8. The van der Waals surface area contributed by atoms with Gasteiger partial charge in [0.1, 0.15) is 12.4 Å². The van der Waals surface area contributed by atoms with Crippen molar-refractivity contribution in [2.75, 3.05) is 44.2 Å². The van der Waals surface area contributed by atoms with Gasteiger partial charge >= 0.3 is 6.03 Å². The molecule has 0 bridgehead atoms. The Morgan fingerprint density at radius 3 is 2.88 bits per heavy atom. The molecule has 0 aliphatic carbocycles. The Balaban J connectivity index is 1.35. The van der Waals surface area contributed by atoms with E-state index in [1.165, 1.54) is 0 Å². The van der Waals surface area contributed by atoms with Crippen LogP contribution in [0.4, 0.5) is 9.93 Å². The van der Waals surface area contributed by atoms with Crippen LogP contribution in [0.2, 0.25) is 5.02 Å². The average Bonchev–Trinajstić information content (AvgIpc) is 3.13. The van der Waals surface area contributed by atoms with Crippen LogP contribution in [0, 0.1) is 0 Å². The fraction of sp³-hybridized carbons (Fsp3) is 0.375. The van der Waals surface area contributed by atoms with Gasteiger partial charge in [-0.2, -0.15) is 0 Å². The lowest BCUT2D eigenvalue weighted by Gasteiger charge is -2.34. The lowest BCUT2D eigenvalue weighted by molar-refractivity contribution is 0.191. The summed E-state index contributed by atoms with van der Waals surface area (Å²) in [5, 5.41) is 6.50. The highest BCUT2D eigenvalue weighted by Gasteiger charge is 2.21. The van der Waals surface area contributed by atoms with Gasteiger partial charge in [-0.15, -0.1) is 11.3 Å². The Hall–Kier alpha value is -1.99. The maximum Gasteiger partial charge on any atom is 0.317 e. The third-order valence-corrected chi connectivity index (χ3v) is 4.77. The second kappa shape index (κ2) is 8.21. The first-order chi connectivity index (χ1) is 11.7. The summed E-state index contributed by atoms with van der Waals surface area (Å²) >= 11 is 7.52. The van der Waals surface area contributed by atoms with Gasteiger partial charge in [0.2, 0.25) is 0 Å². The molecule has 1 aromatic heterocycles. The molecule has 3 rings (SSSR count). The number of nitrogens with zero attached hydrogens (tertiary/aromatic N) is 3. The molecule has 1 aliphatic heterocycles. The lowest BCUT2D eigenvalue weighted by atomic mass is 10.3. The molecule has 2 amide bonds. The zero-order valence-electron chi connectivity index (χ0n) is 13.2. The van der Waals surface area contributed by atoms with E-state index in [-0.39, 0.29) is 6.03 Å². The number of carbonyl (C=O) groups is 1. The van der Waals surface area contributed by atoms with E-state index in [4.69, 9.17) is 16.3 Å². The number of piperazine rings is 1. The topological polar surface area (TPSA) is 57.7 Å². The monoisotopic (exact) mass is 366 g/mol. The molecule has 0 saturated carbocycles. The van der Waals surface area contributed by atoms with Crippen molar-refractivity contribution in [3.05, 3.63) is 40.9 Å². The van der Waals surface area contributed by atoms with E-state index >= 15 is 0 Å². The Morgan fingerprint density at radius 2 is 2.17 bits per heavy atom. The van der Waals surface area contributed by atoms with Gasteiger partial charge < -0.3 is 19.9 Å². The van der Waals surface area contributed by atoms with Gasteiger partial charge in [-0.1, -0.05) is 17.7 Å². The van der Waals surface area contributed by atoms with E-state index in [9.17, 15) is 4.79 Å². The van der Waals surface area contributed by atoms with Crippen molar-refractivity contribution in [2.45, 2.75) is 0 Å². The van der Waals surface area contributed by atoms with Crippen molar-refractivity contribution in [2.24, 2.45) is 0 Å². The molecular formula is C16H19ClN4O2S. The molecule has 8 heteroatoms. The van der Waals surface area contributed by atoms with Crippen LogP contribution in [-0.4, -0.2) is 55.2 Å².